The summed E-state index contributed by atoms with van der Waals surface area (Å²) in [5.41, 5.74) is 7.79. The Kier molecular flexibility index (Phi) is 2.36. The minimum absolute atomic E-state index is 0.0868. The normalized spacial score (nSPS) is 10.6. The molecule has 0 bridgehead atoms. The zero-order chi connectivity index (χ0) is 11.0. The number of halogens is 2. The first-order valence-electron chi connectivity index (χ1n) is 4.35. The number of aromatic amines is 1. The van der Waals surface area contributed by atoms with Crippen molar-refractivity contribution in [1.82, 2.24) is 10.2 Å². The molecular formula is C10H9ClFN3. The van der Waals surface area contributed by atoms with Crippen molar-refractivity contribution in [2.75, 3.05) is 5.73 Å². The van der Waals surface area contributed by atoms with Crippen LogP contribution in [0.4, 0.5) is 10.2 Å². The molecule has 78 valence electrons. The molecule has 0 unspecified atom stereocenters. The molecule has 2 rings (SSSR count). The minimum Gasteiger partial charge on any atom is -0.382 e. The smallest absolute Gasteiger partial charge is 0.145 e. The zero-order valence-electron chi connectivity index (χ0n) is 8.01. The molecule has 0 aliphatic heterocycles. The van der Waals surface area contributed by atoms with Crippen molar-refractivity contribution >= 4 is 17.4 Å². The summed E-state index contributed by atoms with van der Waals surface area (Å²) in [7, 11) is 0. The standard InChI is InChI=1S/C10H9ClFN3/c1-5-2-8(12)7(11)3-6(5)9-4-10(13)15-14-9/h2-4H,1H3,(H3,13,14,15). The van der Waals surface area contributed by atoms with Crippen molar-refractivity contribution in [2.45, 2.75) is 6.92 Å². The fourth-order valence-electron chi connectivity index (χ4n) is 1.41. The monoisotopic (exact) mass is 225 g/mol. The second-order valence-corrected chi connectivity index (χ2v) is 3.69. The van der Waals surface area contributed by atoms with Gasteiger partial charge < -0.3 is 5.73 Å². The maximum atomic E-state index is 13.1. The number of nitrogen functional groups attached to an aromatic ring is 1. The highest BCUT2D eigenvalue weighted by Crippen LogP contribution is 2.27. The van der Waals surface area contributed by atoms with E-state index in [0.717, 1.165) is 16.8 Å². The molecule has 5 heteroatoms. The van der Waals surface area contributed by atoms with E-state index >= 15 is 0 Å². The predicted octanol–water partition coefficient (Wildman–Crippen LogP) is 2.76. The summed E-state index contributed by atoms with van der Waals surface area (Å²) in [6.07, 6.45) is 0. The first-order chi connectivity index (χ1) is 7.08. The van der Waals surface area contributed by atoms with E-state index in [0.29, 0.717) is 5.82 Å². The van der Waals surface area contributed by atoms with Gasteiger partial charge in [0.15, 0.2) is 0 Å². The van der Waals surface area contributed by atoms with Crippen LogP contribution >= 0.6 is 11.6 Å². The number of aryl methyl sites for hydroxylation is 1. The van der Waals surface area contributed by atoms with E-state index in [1.807, 2.05) is 0 Å². The van der Waals surface area contributed by atoms with Crippen molar-refractivity contribution in [3.8, 4) is 11.3 Å². The van der Waals surface area contributed by atoms with Crippen LogP contribution < -0.4 is 5.73 Å². The predicted molar refractivity (Wildman–Crippen MR) is 58.1 cm³/mol. The molecule has 0 saturated carbocycles. The van der Waals surface area contributed by atoms with Crippen LogP contribution in [0, 0.1) is 12.7 Å². The van der Waals surface area contributed by atoms with Gasteiger partial charge in [-0.05, 0) is 24.6 Å². The largest absolute Gasteiger partial charge is 0.382 e. The molecule has 0 atom stereocenters. The van der Waals surface area contributed by atoms with Gasteiger partial charge in [0.1, 0.15) is 11.6 Å². The van der Waals surface area contributed by atoms with Crippen LogP contribution in [-0.4, -0.2) is 10.2 Å². The topological polar surface area (TPSA) is 54.7 Å². The van der Waals surface area contributed by atoms with Crippen molar-refractivity contribution < 1.29 is 4.39 Å². The number of anilines is 1. The van der Waals surface area contributed by atoms with E-state index in [1.54, 1.807) is 19.1 Å². The molecule has 2 aromatic rings. The first kappa shape index (κ1) is 9.98. The molecule has 3 N–H and O–H groups in total. The summed E-state index contributed by atoms with van der Waals surface area (Å²) in [6, 6.07) is 4.62. The number of nitrogens with one attached hydrogen (secondary N) is 1. The maximum Gasteiger partial charge on any atom is 0.145 e. The third-order valence-corrected chi connectivity index (χ3v) is 2.44. The summed E-state index contributed by atoms with van der Waals surface area (Å²) < 4.78 is 13.1. The van der Waals surface area contributed by atoms with Gasteiger partial charge in [-0.3, -0.25) is 5.10 Å². The van der Waals surface area contributed by atoms with E-state index in [1.165, 1.54) is 6.07 Å². The lowest BCUT2D eigenvalue weighted by atomic mass is 10.1. The molecule has 0 radical (unpaired) electrons. The second kappa shape index (κ2) is 3.55. The lowest BCUT2D eigenvalue weighted by Gasteiger charge is -2.04. The Morgan fingerprint density at radius 1 is 1.40 bits per heavy atom. The molecule has 0 spiro atoms. The molecular weight excluding hydrogens is 217 g/mol. The molecule has 1 aromatic carbocycles. The quantitative estimate of drug-likeness (QED) is 0.784. The molecule has 0 aliphatic rings. The average molecular weight is 226 g/mol. The van der Waals surface area contributed by atoms with Crippen LogP contribution in [0.1, 0.15) is 5.56 Å². The molecule has 0 aliphatic carbocycles. The van der Waals surface area contributed by atoms with Crippen LogP contribution in [0.5, 0.6) is 0 Å². The summed E-state index contributed by atoms with van der Waals surface area (Å²) in [5, 5.41) is 6.64. The molecule has 3 nitrogen and oxygen atoms in total. The van der Waals surface area contributed by atoms with Crippen molar-refractivity contribution in [2.24, 2.45) is 0 Å². The van der Waals surface area contributed by atoms with E-state index in [-0.39, 0.29) is 5.02 Å². The highest BCUT2D eigenvalue weighted by atomic mass is 35.5. The van der Waals surface area contributed by atoms with Gasteiger partial charge in [0.25, 0.3) is 0 Å². The summed E-state index contributed by atoms with van der Waals surface area (Å²) in [4.78, 5) is 0. The SMILES string of the molecule is Cc1cc(F)c(Cl)cc1-c1cc(N)n[nH]1. The summed E-state index contributed by atoms with van der Waals surface area (Å²) >= 11 is 5.70. The number of rotatable bonds is 1. The van der Waals surface area contributed by atoms with E-state index in [4.69, 9.17) is 17.3 Å². The second-order valence-electron chi connectivity index (χ2n) is 3.29. The molecule has 0 fully saturated rings. The molecule has 1 heterocycles. The third kappa shape index (κ3) is 1.80. The molecule has 1 aromatic heterocycles. The average Bonchev–Trinajstić information content (AvgIpc) is 2.58. The van der Waals surface area contributed by atoms with Gasteiger partial charge in [0.2, 0.25) is 0 Å². The van der Waals surface area contributed by atoms with Crippen LogP contribution in [0.25, 0.3) is 11.3 Å². The fraction of sp³-hybridized carbons (Fsp3) is 0.100. The van der Waals surface area contributed by atoms with Gasteiger partial charge in [-0.15, -0.1) is 0 Å². The lowest BCUT2D eigenvalue weighted by molar-refractivity contribution is 0.627. The van der Waals surface area contributed by atoms with Gasteiger partial charge >= 0.3 is 0 Å². The summed E-state index contributed by atoms with van der Waals surface area (Å²) in [6.45, 7) is 1.80. The lowest BCUT2D eigenvalue weighted by Crippen LogP contribution is -1.87. The van der Waals surface area contributed by atoms with Gasteiger partial charge in [-0.2, -0.15) is 5.10 Å². The number of nitrogens with two attached hydrogens (primary N) is 1. The molecule has 0 saturated heterocycles. The van der Waals surface area contributed by atoms with Crippen molar-refractivity contribution in [1.29, 1.82) is 0 Å². The number of benzene rings is 1. The van der Waals surface area contributed by atoms with Crippen LogP contribution in [0.15, 0.2) is 18.2 Å². The van der Waals surface area contributed by atoms with Crippen molar-refractivity contribution in [3.05, 3.63) is 34.6 Å². The van der Waals surface area contributed by atoms with Crippen LogP contribution in [-0.2, 0) is 0 Å². The Morgan fingerprint density at radius 2 is 2.13 bits per heavy atom. The van der Waals surface area contributed by atoms with Gasteiger partial charge in [0, 0.05) is 11.6 Å². The number of nitrogens with zero attached hydrogens (tertiary/aromatic N) is 1. The van der Waals surface area contributed by atoms with E-state index < -0.39 is 5.82 Å². The third-order valence-electron chi connectivity index (χ3n) is 2.16. The van der Waals surface area contributed by atoms with Gasteiger partial charge in [0.05, 0.1) is 10.7 Å². The highest BCUT2D eigenvalue weighted by molar-refractivity contribution is 6.31. The highest BCUT2D eigenvalue weighted by Gasteiger charge is 2.09. The maximum absolute atomic E-state index is 13.1. The number of hydrogen-bond acceptors (Lipinski definition) is 2. The molecule has 15 heavy (non-hydrogen) atoms. The van der Waals surface area contributed by atoms with Gasteiger partial charge in [-0.1, -0.05) is 11.6 Å². The minimum atomic E-state index is -0.426. The zero-order valence-corrected chi connectivity index (χ0v) is 8.77. The van der Waals surface area contributed by atoms with Crippen molar-refractivity contribution in [3.63, 3.8) is 0 Å². The number of aromatic nitrogens is 2. The Morgan fingerprint density at radius 3 is 2.73 bits per heavy atom. The number of H-pyrrole nitrogens is 1. The number of hydrogen-bond donors (Lipinski definition) is 2. The van der Waals surface area contributed by atoms with Gasteiger partial charge in [-0.25, -0.2) is 4.39 Å². The Bertz CT molecular complexity index is 507. The van der Waals surface area contributed by atoms with E-state index in [9.17, 15) is 4.39 Å². The van der Waals surface area contributed by atoms with E-state index in [2.05, 4.69) is 10.2 Å². The van der Waals surface area contributed by atoms with Crippen LogP contribution in [0.2, 0.25) is 5.02 Å². The Labute approximate surface area is 91.1 Å². The van der Waals surface area contributed by atoms with Crippen LogP contribution in [0.3, 0.4) is 0 Å². The Hall–Kier alpha value is -1.55. The summed E-state index contributed by atoms with van der Waals surface area (Å²) in [5.74, 6) is -0.0322. The first-order valence-corrected chi connectivity index (χ1v) is 4.72. The molecule has 0 amide bonds. The fourth-order valence-corrected chi connectivity index (χ4v) is 1.58. The Balaban J connectivity index is 2.58.